The molecule has 1 heterocycles. The maximum Gasteiger partial charge on any atom is 0.0900 e. The number of hydrogen-bond donors (Lipinski definition) is 1. The van der Waals surface area contributed by atoms with Gasteiger partial charge in [0.25, 0.3) is 0 Å². The van der Waals surface area contributed by atoms with Crippen LogP contribution in [0.2, 0.25) is 0 Å². The van der Waals surface area contributed by atoms with Crippen LogP contribution >= 0.6 is 0 Å². The molecule has 144 valence electrons. The first kappa shape index (κ1) is 18.3. The largest absolute Gasteiger partial charge is 0.389 e. The highest BCUT2D eigenvalue weighted by Gasteiger charge is 2.38. The number of rotatable bonds is 8. The molecular weight excluding hydrogens is 324 g/mol. The van der Waals surface area contributed by atoms with Gasteiger partial charge >= 0.3 is 0 Å². The molecule has 1 saturated heterocycles. The SMILES string of the molecule is O[C@H](COCC[C@H]1C[C@H]2CC[C@H]1C2)CN1CCN(c2ccccc2)CC1. The number of ether oxygens (including phenoxy) is 1. The number of β-amino-alcohol motifs (C(OH)–C–C–N with tert-alkyl or cyclic N) is 1. The number of aliphatic hydroxyl groups excluding tert-OH is 1. The zero-order chi connectivity index (χ0) is 17.8. The van der Waals surface area contributed by atoms with Gasteiger partial charge in [-0.15, -0.1) is 0 Å². The summed E-state index contributed by atoms with van der Waals surface area (Å²) in [5.41, 5.74) is 1.30. The molecule has 2 aliphatic carbocycles. The van der Waals surface area contributed by atoms with Crippen molar-refractivity contribution in [3.63, 3.8) is 0 Å². The molecule has 1 aromatic rings. The second-order valence-corrected chi connectivity index (χ2v) is 8.58. The van der Waals surface area contributed by atoms with Gasteiger partial charge in [-0.1, -0.05) is 24.6 Å². The average molecular weight is 359 g/mol. The summed E-state index contributed by atoms with van der Waals surface area (Å²) >= 11 is 0. The topological polar surface area (TPSA) is 35.9 Å². The molecule has 1 aliphatic heterocycles. The zero-order valence-electron chi connectivity index (χ0n) is 15.9. The van der Waals surface area contributed by atoms with E-state index >= 15 is 0 Å². The molecule has 26 heavy (non-hydrogen) atoms. The molecular formula is C22H34N2O2. The lowest BCUT2D eigenvalue weighted by molar-refractivity contribution is 0.0100. The van der Waals surface area contributed by atoms with E-state index in [1.54, 1.807) is 0 Å². The predicted molar refractivity (Wildman–Crippen MR) is 105 cm³/mol. The van der Waals surface area contributed by atoms with Crippen LogP contribution in [0.1, 0.15) is 32.1 Å². The number of hydrogen-bond acceptors (Lipinski definition) is 4. The molecule has 3 fully saturated rings. The van der Waals surface area contributed by atoms with E-state index in [1.807, 2.05) is 0 Å². The van der Waals surface area contributed by atoms with Crippen LogP contribution < -0.4 is 4.90 Å². The third-order valence-corrected chi connectivity index (χ3v) is 6.79. The number of fused-ring (bicyclic) bond motifs is 2. The van der Waals surface area contributed by atoms with Crippen LogP contribution in [0, 0.1) is 17.8 Å². The summed E-state index contributed by atoms with van der Waals surface area (Å²) in [5.74, 6) is 2.90. The van der Waals surface area contributed by atoms with E-state index in [2.05, 4.69) is 40.1 Å². The van der Waals surface area contributed by atoms with Crippen LogP contribution in [0.5, 0.6) is 0 Å². The van der Waals surface area contributed by atoms with Gasteiger partial charge in [0.05, 0.1) is 12.7 Å². The third-order valence-electron chi connectivity index (χ3n) is 6.79. The first-order chi connectivity index (χ1) is 12.8. The Hall–Kier alpha value is -1.10. The molecule has 0 amide bonds. The summed E-state index contributed by atoms with van der Waals surface area (Å²) in [7, 11) is 0. The lowest BCUT2D eigenvalue weighted by Crippen LogP contribution is -2.49. The van der Waals surface area contributed by atoms with Crippen molar-refractivity contribution in [3.05, 3.63) is 30.3 Å². The van der Waals surface area contributed by atoms with Gasteiger partial charge in [-0.05, 0) is 55.6 Å². The van der Waals surface area contributed by atoms with Gasteiger partial charge in [-0.2, -0.15) is 0 Å². The van der Waals surface area contributed by atoms with Gasteiger partial charge in [0.2, 0.25) is 0 Å². The molecule has 0 unspecified atom stereocenters. The highest BCUT2D eigenvalue weighted by molar-refractivity contribution is 5.46. The van der Waals surface area contributed by atoms with E-state index in [4.69, 9.17) is 4.74 Å². The number of nitrogens with zero attached hydrogens (tertiary/aromatic N) is 2. The van der Waals surface area contributed by atoms with Crippen molar-refractivity contribution in [1.82, 2.24) is 4.90 Å². The Bertz CT molecular complexity index is 544. The molecule has 1 aromatic carbocycles. The van der Waals surface area contributed by atoms with Gasteiger partial charge in [0, 0.05) is 45.0 Å². The number of para-hydroxylation sites is 1. The Morgan fingerprint density at radius 2 is 1.85 bits per heavy atom. The van der Waals surface area contributed by atoms with Crippen molar-refractivity contribution in [2.75, 3.05) is 50.8 Å². The molecule has 4 rings (SSSR count). The molecule has 0 spiro atoms. The smallest absolute Gasteiger partial charge is 0.0900 e. The number of piperazine rings is 1. The minimum absolute atomic E-state index is 0.363. The highest BCUT2D eigenvalue weighted by atomic mass is 16.5. The number of aliphatic hydroxyl groups is 1. The monoisotopic (exact) mass is 358 g/mol. The van der Waals surface area contributed by atoms with Gasteiger partial charge < -0.3 is 14.7 Å². The van der Waals surface area contributed by atoms with Crippen LogP contribution in [0.15, 0.2) is 30.3 Å². The fraction of sp³-hybridized carbons (Fsp3) is 0.727. The second-order valence-electron chi connectivity index (χ2n) is 8.58. The Morgan fingerprint density at radius 1 is 1.04 bits per heavy atom. The van der Waals surface area contributed by atoms with E-state index in [-0.39, 0.29) is 6.10 Å². The number of anilines is 1. The number of benzene rings is 1. The van der Waals surface area contributed by atoms with Crippen LogP contribution in [-0.2, 0) is 4.74 Å². The maximum absolute atomic E-state index is 10.3. The lowest BCUT2D eigenvalue weighted by atomic mass is 9.87. The molecule has 4 heteroatoms. The van der Waals surface area contributed by atoms with E-state index in [0.29, 0.717) is 6.61 Å². The fourth-order valence-corrected chi connectivity index (χ4v) is 5.36. The van der Waals surface area contributed by atoms with Gasteiger partial charge in [0.1, 0.15) is 0 Å². The first-order valence-corrected chi connectivity index (χ1v) is 10.6. The molecule has 1 N–H and O–H groups in total. The molecule has 4 atom stereocenters. The minimum atomic E-state index is -0.363. The van der Waals surface area contributed by atoms with Gasteiger partial charge in [-0.25, -0.2) is 0 Å². The minimum Gasteiger partial charge on any atom is -0.389 e. The Labute approximate surface area is 158 Å². The molecule has 2 bridgehead atoms. The van der Waals surface area contributed by atoms with Crippen molar-refractivity contribution in [1.29, 1.82) is 0 Å². The average Bonchev–Trinajstić information content (AvgIpc) is 3.30. The van der Waals surface area contributed by atoms with Crippen molar-refractivity contribution in [2.24, 2.45) is 17.8 Å². The summed E-state index contributed by atoms with van der Waals surface area (Å²) in [4.78, 5) is 4.79. The van der Waals surface area contributed by atoms with Crippen molar-refractivity contribution < 1.29 is 9.84 Å². The Morgan fingerprint density at radius 3 is 2.54 bits per heavy atom. The van der Waals surface area contributed by atoms with E-state index in [0.717, 1.165) is 57.1 Å². The van der Waals surface area contributed by atoms with Gasteiger partial charge in [-0.3, -0.25) is 4.90 Å². The van der Waals surface area contributed by atoms with Crippen molar-refractivity contribution in [3.8, 4) is 0 Å². The zero-order valence-corrected chi connectivity index (χ0v) is 15.9. The molecule has 0 aromatic heterocycles. The Balaban J connectivity index is 1.09. The summed E-state index contributed by atoms with van der Waals surface area (Å²) in [6, 6.07) is 10.6. The maximum atomic E-state index is 10.3. The standard InChI is InChI=1S/C22H34N2O2/c25-22(17-26-13-8-20-15-18-6-7-19(20)14-18)16-23-9-11-24(12-10-23)21-4-2-1-3-5-21/h1-5,18-20,22,25H,6-17H2/t18-,19-,20-,22-/m0/s1. The highest BCUT2D eigenvalue weighted by Crippen LogP contribution is 2.49. The van der Waals surface area contributed by atoms with Crippen molar-refractivity contribution >= 4 is 5.69 Å². The third kappa shape index (κ3) is 4.59. The fourth-order valence-electron chi connectivity index (χ4n) is 5.36. The summed E-state index contributed by atoms with van der Waals surface area (Å²) in [6.07, 6.45) is 6.66. The van der Waals surface area contributed by atoms with E-state index < -0.39 is 0 Å². The molecule has 3 aliphatic rings. The normalized spacial score (nSPS) is 30.0. The predicted octanol–water partition coefficient (Wildman–Crippen LogP) is 3.01. The molecule has 0 radical (unpaired) electrons. The van der Waals surface area contributed by atoms with Gasteiger partial charge in [0.15, 0.2) is 0 Å². The van der Waals surface area contributed by atoms with Crippen LogP contribution in [0.25, 0.3) is 0 Å². The first-order valence-electron chi connectivity index (χ1n) is 10.6. The van der Waals surface area contributed by atoms with Crippen LogP contribution in [0.3, 0.4) is 0 Å². The van der Waals surface area contributed by atoms with Crippen LogP contribution in [-0.4, -0.2) is 62.0 Å². The van der Waals surface area contributed by atoms with Crippen molar-refractivity contribution in [2.45, 2.75) is 38.2 Å². The summed E-state index contributed by atoms with van der Waals surface area (Å²) < 4.78 is 5.81. The molecule has 4 nitrogen and oxygen atoms in total. The van der Waals surface area contributed by atoms with E-state index in [1.165, 1.54) is 37.8 Å². The van der Waals surface area contributed by atoms with E-state index in [9.17, 15) is 5.11 Å². The summed E-state index contributed by atoms with van der Waals surface area (Å²) in [5, 5.41) is 10.3. The summed E-state index contributed by atoms with van der Waals surface area (Å²) in [6.45, 7) is 6.13. The second kappa shape index (κ2) is 8.73. The van der Waals surface area contributed by atoms with Crippen LogP contribution in [0.4, 0.5) is 5.69 Å². The molecule has 2 saturated carbocycles. The Kier molecular flexibility index (Phi) is 6.13. The lowest BCUT2D eigenvalue weighted by Gasteiger charge is -2.36. The quantitative estimate of drug-likeness (QED) is 0.725.